The van der Waals surface area contributed by atoms with Gasteiger partial charge in [0.2, 0.25) is 5.05 Å². The van der Waals surface area contributed by atoms with Gasteiger partial charge in [-0.3, -0.25) is 4.79 Å². The number of carbonyl (C=O) groups is 1. The highest BCUT2D eigenvalue weighted by molar-refractivity contribution is 9.09. The molecule has 1 heterocycles. The maximum atomic E-state index is 11.4. The third-order valence-electron chi connectivity index (χ3n) is 1.73. The highest BCUT2D eigenvalue weighted by Gasteiger charge is 2.14. The number of halogens is 1. The van der Waals surface area contributed by atoms with E-state index in [-0.39, 0.29) is 5.78 Å². The molecule has 0 unspecified atom stereocenters. The Balaban J connectivity index is 3.05. The molecule has 0 aliphatic heterocycles. The van der Waals surface area contributed by atoms with Crippen molar-refractivity contribution in [1.29, 1.82) is 0 Å². The quantitative estimate of drug-likeness (QED) is 0.487. The van der Waals surface area contributed by atoms with E-state index in [1.54, 1.807) is 6.07 Å². The van der Waals surface area contributed by atoms with Crippen LogP contribution in [0.1, 0.15) is 20.1 Å². The van der Waals surface area contributed by atoms with Crippen LogP contribution in [0.15, 0.2) is 6.07 Å². The van der Waals surface area contributed by atoms with Gasteiger partial charge in [0, 0.05) is 10.4 Å². The van der Waals surface area contributed by atoms with Gasteiger partial charge < -0.3 is 4.74 Å². The third kappa shape index (κ3) is 2.40. The standard InChI is InChI=1S/C9H9BrO2S2/c1-5-6(7(11)4-10)3-8(14-5)9(13)12-2/h3H,4H2,1-2H3. The highest BCUT2D eigenvalue weighted by Crippen LogP contribution is 2.23. The summed E-state index contributed by atoms with van der Waals surface area (Å²) in [6.07, 6.45) is 0. The van der Waals surface area contributed by atoms with Crippen LogP contribution < -0.4 is 0 Å². The molecule has 0 aliphatic carbocycles. The lowest BCUT2D eigenvalue weighted by atomic mass is 10.2. The van der Waals surface area contributed by atoms with Crippen molar-refractivity contribution in [3.05, 3.63) is 21.4 Å². The summed E-state index contributed by atoms with van der Waals surface area (Å²) in [4.78, 5) is 13.2. The van der Waals surface area contributed by atoms with Crippen molar-refractivity contribution in [3.8, 4) is 0 Å². The number of methoxy groups -OCH3 is 1. The molecule has 0 atom stereocenters. The fourth-order valence-corrected chi connectivity index (χ4v) is 2.47. The van der Waals surface area contributed by atoms with Crippen molar-refractivity contribution in [1.82, 2.24) is 0 Å². The van der Waals surface area contributed by atoms with E-state index < -0.39 is 0 Å². The number of rotatable bonds is 3. The zero-order valence-electron chi connectivity index (χ0n) is 7.80. The van der Waals surface area contributed by atoms with Gasteiger partial charge in [-0.15, -0.1) is 11.3 Å². The molecule has 0 amide bonds. The smallest absolute Gasteiger partial charge is 0.201 e. The Labute approximate surface area is 100 Å². The molecule has 0 radical (unpaired) electrons. The van der Waals surface area contributed by atoms with Crippen LogP contribution in [-0.2, 0) is 4.74 Å². The number of Topliss-reactive ketones (excluding diaryl/α,β-unsaturated/α-hetero) is 1. The van der Waals surface area contributed by atoms with Crippen LogP contribution in [0.5, 0.6) is 0 Å². The Hall–Kier alpha value is -0.260. The van der Waals surface area contributed by atoms with Crippen LogP contribution in [0, 0.1) is 6.92 Å². The molecule has 1 aromatic heterocycles. The number of aryl methyl sites for hydroxylation is 1. The largest absolute Gasteiger partial charge is 0.486 e. The SMILES string of the molecule is COC(=S)c1cc(C(=O)CBr)c(C)s1. The van der Waals surface area contributed by atoms with E-state index in [2.05, 4.69) is 15.9 Å². The summed E-state index contributed by atoms with van der Waals surface area (Å²) in [5, 5.41) is 0.774. The van der Waals surface area contributed by atoms with Crippen molar-refractivity contribution in [2.24, 2.45) is 0 Å². The fraction of sp³-hybridized carbons (Fsp3) is 0.333. The van der Waals surface area contributed by atoms with Gasteiger partial charge in [0.05, 0.1) is 17.3 Å². The number of hydrogen-bond donors (Lipinski definition) is 0. The minimum Gasteiger partial charge on any atom is -0.486 e. The molecule has 0 aliphatic rings. The molecule has 0 fully saturated rings. The number of thiophene rings is 1. The number of thiocarbonyl (C=S) groups is 1. The monoisotopic (exact) mass is 292 g/mol. The second-order valence-electron chi connectivity index (χ2n) is 2.63. The fourth-order valence-electron chi connectivity index (χ4n) is 1.03. The molecule has 0 saturated carbocycles. The minimum absolute atomic E-state index is 0.0731. The highest BCUT2D eigenvalue weighted by atomic mass is 79.9. The first-order chi connectivity index (χ1) is 6.60. The molecule has 1 rings (SSSR count). The van der Waals surface area contributed by atoms with Crippen molar-refractivity contribution < 1.29 is 9.53 Å². The van der Waals surface area contributed by atoms with Gasteiger partial charge in [0.1, 0.15) is 0 Å². The van der Waals surface area contributed by atoms with Crippen LogP contribution in [0.3, 0.4) is 0 Å². The van der Waals surface area contributed by atoms with E-state index in [1.165, 1.54) is 18.4 Å². The predicted octanol–water partition coefficient (Wildman–Crippen LogP) is 2.96. The molecule has 14 heavy (non-hydrogen) atoms. The predicted molar refractivity (Wildman–Crippen MR) is 65.9 cm³/mol. The first-order valence-corrected chi connectivity index (χ1v) is 6.22. The van der Waals surface area contributed by atoms with E-state index in [0.29, 0.717) is 10.4 Å². The van der Waals surface area contributed by atoms with Crippen LogP contribution >= 0.6 is 39.5 Å². The minimum atomic E-state index is 0.0731. The lowest BCUT2D eigenvalue weighted by molar-refractivity contribution is 0.102. The first-order valence-electron chi connectivity index (χ1n) is 3.88. The average Bonchev–Trinajstić information content (AvgIpc) is 2.58. The molecule has 0 aromatic carbocycles. The van der Waals surface area contributed by atoms with Crippen LogP contribution in [-0.4, -0.2) is 23.3 Å². The molecular formula is C9H9BrO2S2. The van der Waals surface area contributed by atoms with Gasteiger partial charge in [-0.05, 0) is 25.2 Å². The van der Waals surface area contributed by atoms with Crippen molar-refractivity contribution >= 4 is 50.3 Å². The molecule has 0 N–H and O–H groups in total. The number of ketones is 1. The normalized spacial score (nSPS) is 9.93. The summed E-state index contributed by atoms with van der Waals surface area (Å²) in [6, 6.07) is 1.79. The van der Waals surface area contributed by atoms with Gasteiger partial charge in [0.25, 0.3) is 0 Å². The third-order valence-corrected chi connectivity index (χ3v) is 3.80. The maximum Gasteiger partial charge on any atom is 0.201 e. The number of hydrogen-bond acceptors (Lipinski definition) is 4. The zero-order chi connectivity index (χ0) is 10.7. The number of ether oxygens (including phenoxy) is 1. The number of alkyl halides is 1. The topological polar surface area (TPSA) is 26.3 Å². The average molecular weight is 293 g/mol. The lowest BCUT2D eigenvalue weighted by Crippen LogP contribution is -2.00. The van der Waals surface area contributed by atoms with Gasteiger partial charge in [-0.1, -0.05) is 15.9 Å². The molecule has 0 spiro atoms. The first kappa shape index (κ1) is 11.8. The van der Waals surface area contributed by atoms with E-state index in [4.69, 9.17) is 17.0 Å². The van der Waals surface area contributed by atoms with E-state index in [0.717, 1.165) is 15.3 Å². The summed E-state index contributed by atoms with van der Waals surface area (Å²) < 4.78 is 4.94. The van der Waals surface area contributed by atoms with Gasteiger partial charge in [-0.25, -0.2) is 0 Å². The molecule has 1 aromatic rings. The maximum absolute atomic E-state index is 11.4. The Kier molecular flexibility index (Phi) is 4.22. The van der Waals surface area contributed by atoms with E-state index in [1.807, 2.05) is 6.92 Å². The molecule has 2 nitrogen and oxygen atoms in total. The Morgan fingerprint density at radius 3 is 2.86 bits per heavy atom. The molecular weight excluding hydrogens is 284 g/mol. The van der Waals surface area contributed by atoms with Crippen LogP contribution in [0.4, 0.5) is 0 Å². The van der Waals surface area contributed by atoms with Crippen molar-refractivity contribution in [2.45, 2.75) is 6.92 Å². The van der Waals surface area contributed by atoms with E-state index in [9.17, 15) is 4.79 Å². The summed E-state index contributed by atoms with van der Waals surface area (Å²) in [5.74, 6) is 0.0731. The van der Waals surface area contributed by atoms with Gasteiger partial charge in [-0.2, -0.15) is 0 Å². The molecule has 76 valence electrons. The van der Waals surface area contributed by atoms with Gasteiger partial charge >= 0.3 is 0 Å². The summed E-state index contributed by atoms with van der Waals surface area (Å²) in [6.45, 7) is 1.91. The lowest BCUT2D eigenvalue weighted by Gasteiger charge is -1.95. The summed E-state index contributed by atoms with van der Waals surface area (Å²) >= 11 is 9.61. The summed E-state index contributed by atoms with van der Waals surface area (Å²) in [5.41, 5.74) is 0.723. The Morgan fingerprint density at radius 1 is 1.71 bits per heavy atom. The second-order valence-corrected chi connectivity index (χ2v) is 4.82. The van der Waals surface area contributed by atoms with Crippen LogP contribution in [0.2, 0.25) is 0 Å². The number of carbonyl (C=O) groups excluding carboxylic acids is 1. The second kappa shape index (κ2) is 5.00. The van der Waals surface area contributed by atoms with Crippen molar-refractivity contribution in [2.75, 3.05) is 12.4 Å². The van der Waals surface area contributed by atoms with Gasteiger partial charge in [0.15, 0.2) is 5.78 Å². The van der Waals surface area contributed by atoms with E-state index >= 15 is 0 Å². The molecule has 0 bridgehead atoms. The Morgan fingerprint density at radius 2 is 2.36 bits per heavy atom. The summed E-state index contributed by atoms with van der Waals surface area (Å²) in [7, 11) is 1.53. The zero-order valence-corrected chi connectivity index (χ0v) is 11.0. The molecule has 5 heteroatoms. The Bertz CT molecular complexity index is 371. The van der Waals surface area contributed by atoms with Crippen molar-refractivity contribution in [3.63, 3.8) is 0 Å². The molecule has 0 saturated heterocycles. The van der Waals surface area contributed by atoms with Crippen LogP contribution in [0.25, 0.3) is 0 Å².